The molecule has 0 unspecified atom stereocenters. The number of hydrogen-bond donors (Lipinski definition) is 1. The Morgan fingerprint density at radius 1 is 1.17 bits per heavy atom. The van der Waals surface area contributed by atoms with Gasteiger partial charge < -0.3 is 15.0 Å². The number of para-hydroxylation sites is 1. The Morgan fingerprint density at radius 2 is 1.94 bits per heavy atom. The number of fused-ring (bicyclic) bond motifs is 1. The molecule has 36 heavy (non-hydrogen) atoms. The number of pyridine rings is 3. The Hall–Kier alpha value is -4.21. The minimum atomic E-state index is -4.74. The van der Waals surface area contributed by atoms with Crippen LogP contribution < -0.4 is 16.0 Å². The Morgan fingerprint density at radius 3 is 2.67 bits per heavy atom. The smallest absolute Gasteiger partial charge is 0.421 e. The van der Waals surface area contributed by atoms with Crippen molar-refractivity contribution in [3.63, 3.8) is 0 Å². The molecular weight excluding hydrogens is 471 g/mol. The number of nitrogens with two attached hydrogens (primary N) is 1. The maximum absolute atomic E-state index is 13.2. The number of alkyl halides is 3. The molecule has 0 bridgehead atoms. The third-order valence-corrected chi connectivity index (χ3v) is 5.84. The number of amidine groups is 1. The minimum absolute atomic E-state index is 0.0735. The van der Waals surface area contributed by atoms with Gasteiger partial charge in [-0.25, -0.2) is 4.98 Å². The predicted molar refractivity (Wildman–Crippen MR) is 131 cm³/mol. The van der Waals surface area contributed by atoms with E-state index in [9.17, 15) is 18.0 Å². The topological polar surface area (TPSA) is 95.4 Å². The molecule has 0 amide bonds. The van der Waals surface area contributed by atoms with Gasteiger partial charge in [-0.1, -0.05) is 12.1 Å². The van der Waals surface area contributed by atoms with E-state index in [2.05, 4.69) is 15.0 Å². The Kier molecular flexibility index (Phi) is 6.78. The van der Waals surface area contributed by atoms with Crippen molar-refractivity contribution >= 4 is 16.7 Å². The van der Waals surface area contributed by atoms with E-state index in [1.165, 1.54) is 12.3 Å². The summed E-state index contributed by atoms with van der Waals surface area (Å²) in [6, 6.07) is 11.1. The lowest BCUT2D eigenvalue weighted by Gasteiger charge is -2.16. The van der Waals surface area contributed by atoms with E-state index >= 15 is 0 Å². The highest BCUT2D eigenvalue weighted by atomic mass is 19.4. The van der Waals surface area contributed by atoms with Crippen molar-refractivity contribution in [1.29, 1.82) is 0 Å². The van der Waals surface area contributed by atoms with Crippen molar-refractivity contribution in [3.8, 4) is 5.75 Å². The van der Waals surface area contributed by atoms with Crippen LogP contribution >= 0.6 is 0 Å². The number of aromatic nitrogens is 3. The summed E-state index contributed by atoms with van der Waals surface area (Å²) in [5.74, 6) is 0.881. The summed E-state index contributed by atoms with van der Waals surface area (Å²) >= 11 is 0. The number of ether oxygens (including phenoxy) is 1. The zero-order valence-corrected chi connectivity index (χ0v) is 19.9. The number of hydrogen-bond acceptors (Lipinski definition) is 5. The first kappa shape index (κ1) is 24.9. The Balaban J connectivity index is 1.70. The second-order valence-corrected chi connectivity index (χ2v) is 8.27. The molecule has 3 heterocycles. The van der Waals surface area contributed by atoms with Crippen LogP contribution in [0, 0.1) is 13.8 Å². The number of aliphatic imine (C=N–C) groups is 1. The van der Waals surface area contributed by atoms with Crippen molar-refractivity contribution in [2.24, 2.45) is 10.7 Å². The van der Waals surface area contributed by atoms with Crippen molar-refractivity contribution in [2.45, 2.75) is 33.2 Å². The monoisotopic (exact) mass is 495 g/mol. The number of benzene rings is 1. The fourth-order valence-electron chi connectivity index (χ4n) is 3.97. The third kappa shape index (κ3) is 4.93. The van der Waals surface area contributed by atoms with Gasteiger partial charge in [-0.3, -0.25) is 14.8 Å². The van der Waals surface area contributed by atoms with Gasteiger partial charge in [0.2, 0.25) is 0 Å². The number of rotatable bonds is 6. The molecule has 1 aromatic carbocycles. The van der Waals surface area contributed by atoms with Crippen LogP contribution in [-0.4, -0.2) is 27.4 Å². The lowest BCUT2D eigenvalue weighted by molar-refractivity contribution is -0.138. The van der Waals surface area contributed by atoms with Gasteiger partial charge in [0, 0.05) is 41.6 Å². The molecule has 7 nitrogen and oxygen atoms in total. The molecule has 4 aromatic rings. The van der Waals surface area contributed by atoms with E-state index in [1.54, 1.807) is 25.4 Å². The molecule has 0 saturated carbocycles. The van der Waals surface area contributed by atoms with E-state index in [0.717, 1.165) is 32.8 Å². The molecular formula is C26H24F3N5O2. The van der Waals surface area contributed by atoms with Gasteiger partial charge in [0.15, 0.2) is 0 Å². The van der Waals surface area contributed by atoms with Crippen molar-refractivity contribution < 1.29 is 17.9 Å². The number of nitrogens with zero attached hydrogens (tertiary/aromatic N) is 4. The number of halogens is 3. The van der Waals surface area contributed by atoms with Crippen LogP contribution in [0.15, 0.2) is 64.6 Å². The average Bonchev–Trinajstić information content (AvgIpc) is 2.83. The molecule has 0 spiro atoms. The first-order valence-corrected chi connectivity index (χ1v) is 11.1. The molecule has 0 aliphatic carbocycles. The highest BCUT2D eigenvalue weighted by molar-refractivity contribution is 6.09. The van der Waals surface area contributed by atoms with Crippen LogP contribution in [0.3, 0.4) is 0 Å². The molecule has 0 saturated heterocycles. The van der Waals surface area contributed by atoms with Gasteiger partial charge in [0.1, 0.15) is 29.3 Å². The molecule has 4 rings (SSSR count). The van der Waals surface area contributed by atoms with E-state index in [1.807, 2.05) is 32.0 Å². The Bertz CT molecular complexity index is 1530. The summed E-state index contributed by atoms with van der Waals surface area (Å²) in [5.41, 5.74) is 7.75. The lowest BCUT2D eigenvalue weighted by Crippen LogP contribution is -2.29. The van der Waals surface area contributed by atoms with Crippen LogP contribution in [0.5, 0.6) is 5.75 Å². The molecule has 0 fully saturated rings. The highest BCUT2D eigenvalue weighted by Crippen LogP contribution is 2.29. The van der Waals surface area contributed by atoms with Crippen LogP contribution in [0.1, 0.15) is 33.6 Å². The molecule has 0 aliphatic heterocycles. The minimum Gasteiger partial charge on any atom is -0.487 e. The maximum Gasteiger partial charge on any atom is 0.421 e. The average molecular weight is 496 g/mol. The highest BCUT2D eigenvalue weighted by Gasteiger charge is 2.34. The molecule has 0 atom stereocenters. The van der Waals surface area contributed by atoms with Gasteiger partial charge in [-0.05, 0) is 49.7 Å². The van der Waals surface area contributed by atoms with Gasteiger partial charge in [-0.15, -0.1) is 0 Å². The number of aryl methyl sites for hydroxylation is 2. The SMILES string of the molecule is CN=C(N)c1cc(C)nc2c(OCc3c(C)ccnc3Cn3cccc(C(F)(F)F)c3=O)cccc12. The van der Waals surface area contributed by atoms with Crippen molar-refractivity contribution in [1.82, 2.24) is 14.5 Å². The maximum atomic E-state index is 13.2. The summed E-state index contributed by atoms with van der Waals surface area (Å²) in [6.07, 6.45) is -1.88. The van der Waals surface area contributed by atoms with E-state index in [0.29, 0.717) is 28.4 Å². The summed E-state index contributed by atoms with van der Waals surface area (Å²) in [5, 5.41) is 0.778. The van der Waals surface area contributed by atoms with E-state index < -0.39 is 17.3 Å². The quantitative estimate of drug-likeness (QED) is 0.316. The Labute approximate surface area is 205 Å². The molecule has 3 aromatic heterocycles. The van der Waals surface area contributed by atoms with Crippen LogP contribution in [-0.2, 0) is 19.3 Å². The lowest BCUT2D eigenvalue weighted by atomic mass is 10.1. The molecule has 2 N–H and O–H groups in total. The summed E-state index contributed by atoms with van der Waals surface area (Å²) in [7, 11) is 1.61. The van der Waals surface area contributed by atoms with Crippen LogP contribution in [0.2, 0.25) is 0 Å². The molecule has 0 radical (unpaired) electrons. The zero-order valence-electron chi connectivity index (χ0n) is 19.9. The van der Waals surface area contributed by atoms with Gasteiger partial charge in [0.05, 0.1) is 12.2 Å². The summed E-state index contributed by atoms with van der Waals surface area (Å²) in [4.78, 5) is 25.5. The fourth-order valence-corrected chi connectivity index (χ4v) is 3.97. The summed E-state index contributed by atoms with van der Waals surface area (Å²) < 4.78 is 46.8. The van der Waals surface area contributed by atoms with Crippen LogP contribution in [0.25, 0.3) is 10.9 Å². The largest absolute Gasteiger partial charge is 0.487 e. The van der Waals surface area contributed by atoms with Crippen molar-refractivity contribution in [3.05, 3.63) is 98.9 Å². The molecule has 186 valence electrons. The fraction of sp³-hybridized carbons (Fsp3) is 0.231. The first-order valence-electron chi connectivity index (χ1n) is 11.1. The van der Waals surface area contributed by atoms with Gasteiger partial charge >= 0.3 is 6.18 Å². The summed E-state index contributed by atoms with van der Waals surface area (Å²) in [6.45, 7) is 3.63. The van der Waals surface area contributed by atoms with E-state index in [4.69, 9.17) is 10.5 Å². The van der Waals surface area contributed by atoms with E-state index in [-0.39, 0.29) is 13.2 Å². The first-order chi connectivity index (χ1) is 17.1. The zero-order chi connectivity index (χ0) is 26.0. The van der Waals surface area contributed by atoms with Crippen molar-refractivity contribution in [2.75, 3.05) is 7.05 Å². The molecule has 10 heteroatoms. The predicted octanol–water partition coefficient (Wildman–Crippen LogP) is 4.39. The normalized spacial score (nSPS) is 12.2. The standard InChI is InChI=1S/C26H24F3N5O2/c1-15-9-10-32-21(13-34-11-5-7-20(25(34)35)26(27,28)29)19(15)14-36-22-8-4-6-17-18(24(30)31-3)12-16(2)33-23(17)22/h4-12H,13-14H2,1-3H3,(H2,30,31). The second-order valence-electron chi connectivity index (χ2n) is 8.27. The van der Waals surface area contributed by atoms with Crippen LogP contribution in [0.4, 0.5) is 13.2 Å². The van der Waals surface area contributed by atoms with Gasteiger partial charge in [0.25, 0.3) is 5.56 Å². The van der Waals surface area contributed by atoms with Gasteiger partial charge in [-0.2, -0.15) is 13.2 Å². The second kappa shape index (κ2) is 9.80. The molecule has 0 aliphatic rings. The third-order valence-electron chi connectivity index (χ3n) is 5.84.